The van der Waals surface area contributed by atoms with Crippen molar-refractivity contribution in [2.45, 2.75) is 18.9 Å². The predicted octanol–water partition coefficient (Wildman–Crippen LogP) is 0.649. The number of ether oxygens (including phenoxy) is 1. The number of nitrogens with zero attached hydrogens (tertiary/aromatic N) is 5. The molecule has 6 nitrogen and oxygen atoms in total. The van der Waals surface area contributed by atoms with Crippen molar-refractivity contribution in [3.05, 3.63) is 18.1 Å². The number of nitriles is 1. The molecule has 0 aromatic carbocycles. The molecule has 0 bridgehead atoms. The van der Waals surface area contributed by atoms with Crippen molar-refractivity contribution >= 4 is 5.82 Å². The lowest BCUT2D eigenvalue weighted by Gasteiger charge is -2.41. The molecule has 2 aliphatic rings. The van der Waals surface area contributed by atoms with Crippen LogP contribution in [-0.4, -0.2) is 60.3 Å². The Morgan fingerprint density at radius 3 is 2.50 bits per heavy atom. The first-order chi connectivity index (χ1) is 9.88. The Hall–Kier alpha value is -1.71. The van der Waals surface area contributed by atoms with Crippen molar-refractivity contribution in [3.8, 4) is 6.07 Å². The zero-order valence-corrected chi connectivity index (χ0v) is 11.5. The second-order valence-corrected chi connectivity index (χ2v) is 5.21. The molecule has 0 radical (unpaired) electrons. The van der Waals surface area contributed by atoms with E-state index < -0.39 is 0 Å². The van der Waals surface area contributed by atoms with Gasteiger partial charge in [0.1, 0.15) is 6.07 Å². The van der Waals surface area contributed by atoms with Gasteiger partial charge in [0.15, 0.2) is 11.5 Å². The molecule has 1 aromatic heterocycles. The average Bonchev–Trinajstić information content (AvgIpc) is 2.56. The van der Waals surface area contributed by atoms with Crippen LogP contribution in [0.3, 0.4) is 0 Å². The predicted molar refractivity (Wildman–Crippen MR) is 74.4 cm³/mol. The molecule has 0 spiro atoms. The van der Waals surface area contributed by atoms with E-state index in [1.807, 2.05) is 0 Å². The van der Waals surface area contributed by atoms with E-state index in [2.05, 4.69) is 25.8 Å². The fraction of sp³-hybridized carbons (Fsp3) is 0.643. The largest absolute Gasteiger partial charge is 0.381 e. The van der Waals surface area contributed by atoms with Gasteiger partial charge in [-0.15, -0.1) is 0 Å². The third-order valence-electron chi connectivity index (χ3n) is 4.11. The van der Waals surface area contributed by atoms with Crippen molar-refractivity contribution in [1.82, 2.24) is 14.9 Å². The maximum absolute atomic E-state index is 9.10. The molecule has 106 valence electrons. The SMILES string of the molecule is N#Cc1nccnc1N1CCN(C2CCOCC2)CC1. The van der Waals surface area contributed by atoms with Crippen LogP contribution < -0.4 is 4.90 Å². The molecule has 2 aliphatic heterocycles. The van der Waals surface area contributed by atoms with Gasteiger partial charge in [-0.25, -0.2) is 9.97 Å². The number of anilines is 1. The van der Waals surface area contributed by atoms with Gasteiger partial charge >= 0.3 is 0 Å². The Labute approximate surface area is 119 Å². The molecule has 0 saturated carbocycles. The standard InChI is InChI=1S/C14H19N5O/c15-11-13-14(17-4-3-16-13)19-7-5-18(6-8-19)12-1-9-20-10-2-12/h3-4,12H,1-2,5-10H2. The molecule has 6 heteroatoms. The maximum Gasteiger partial charge on any atom is 0.183 e. The molecule has 3 heterocycles. The number of rotatable bonds is 2. The van der Waals surface area contributed by atoms with E-state index in [1.165, 1.54) is 0 Å². The van der Waals surface area contributed by atoms with Crippen LogP contribution in [0.4, 0.5) is 5.82 Å². The van der Waals surface area contributed by atoms with Gasteiger partial charge in [-0.05, 0) is 12.8 Å². The Bertz CT molecular complexity index is 487. The fourth-order valence-corrected chi connectivity index (χ4v) is 2.99. The Morgan fingerprint density at radius 2 is 1.80 bits per heavy atom. The van der Waals surface area contributed by atoms with Crippen molar-refractivity contribution in [2.75, 3.05) is 44.3 Å². The Morgan fingerprint density at radius 1 is 1.10 bits per heavy atom. The molecular weight excluding hydrogens is 254 g/mol. The number of aromatic nitrogens is 2. The number of hydrogen-bond donors (Lipinski definition) is 0. The quantitative estimate of drug-likeness (QED) is 0.788. The van der Waals surface area contributed by atoms with Gasteiger partial charge in [0, 0.05) is 57.8 Å². The first-order valence-corrected chi connectivity index (χ1v) is 7.16. The molecule has 2 fully saturated rings. The van der Waals surface area contributed by atoms with Crippen LogP contribution in [0.5, 0.6) is 0 Å². The minimum atomic E-state index is 0.423. The summed E-state index contributed by atoms with van der Waals surface area (Å²) < 4.78 is 5.42. The topological polar surface area (TPSA) is 65.3 Å². The van der Waals surface area contributed by atoms with Crippen LogP contribution in [0.2, 0.25) is 0 Å². The van der Waals surface area contributed by atoms with E-state index in [1.54, 1.807) is 12.4 Å². The molecule has 1 aromatic rings. The van der Waals surface area contributed by atoms with Crippen molar-refractivity contribution < 1.29 is 4.74 Å². The summed E-state index contributed by atoms with van der Waals surface area (Å²) in [6.45, 7) is 5.62. The second-order valence-electron chi connectivity index (χ2n) is 5.21. The van der Waals surface area contributed by atoms with E-state index in [0.29, 0.717) is 11.7 Å². The van der Waals surface area contributed by atoms with Gasteiger partial charge in [0.2, 0.25) is 0 Å². The summed E-state index contributed by atoms with van der Waals surface area (Å²) in [5.74, 6) is 0.724. The summed E-state index contributed by atoms with van der Waals surface area (Å²) in [5.41, 5.74) is 0.423. The Balaban J connectivity index is 1.62. The molecule has 0 aliphatic carbocycles. The molecule has 0 atom stereocenters. The highest BCUT2D eigenvalue weighted by molar-refractivity contribution is 5.49. The molecule has 2 saturated heterocycles. The lowest BCUT2D eigenvalue weighted by molar-refractivity contribution is 0.0321. The van der Waals surface area contributed by atoms with Crippen LogP contribution >= 0.6 is 0 Å². The van der Waals surface area contributed by atoms with Crippen molar-refractivity contribution in [3.63, 3.8) is 0 Å². The summed E-state index contributed by atoms with van der Waals surface area (Å²) >= 11 is 0. The zero-order valence-electron chi connectivity index (χ0n) is 11.5. The first-order valence-electron chi connectivity index (χ1n) is 7.16. The second kappa shape index (κ2) is 6.16. The van der Waals surface area contributed by atoms with E-state index in [4.69, 9.17) is 10.00 Å². The maximum atomic E-state index is 9.10. The van der Waals surface area contributed by atoms with Crippen LogP contribution in [0.1, 0.15) is 18.5 Å². The van der Waals surface area contributed by atoms with Gasteiger partial charge in [0.25, 0.3) is 0 Å². The summed E-state index contributed by atoms with van der Waals surface area (Å²) in [6, 6.07) is 2.78. The minimum absolute atomic E-state index is 0.423. The molecular formula is C14H19N5O. The van der Waals surface area contributed by atoms with Gasteiger partial charge in [-0.3, -0.25) is 4.90 Å². The number of hydrogen-bond acceptors (Lipinski definition) is 6. The van der Waals surface area contributed by atoms with Crippen molar-refractivity contribution in [1.29, 1.82) is 5.26 Å². The van der Waals surface area contributed by atoms with E-state index in [0.717, 1.165) is 58.1 Å². The summed E-state index contributed by atoms with van der Waals surface area (Å²) in [4.78, 5) is 13.1. The van der Waals surface area contributed by atoms with Crippen LogP contribution in [0.25, 0.3) is 0 Å². The zero-order chi connectivity index (χ0) is 13.8. The van der Waals surface area contributed by atoms with Crippen LogP contribution in [-0.2, 0) is 4.74 Å². The normalized spacial score (nSPS) is 21.6. The molecule has 0 N–H and O–H groups in total. The van der Waals surface area contributed by atoms with Gasteiger partial charge in [0.05, 0.1) is 0 Å². The smallest absolute Gasteiger partial charge is 0.183 e. The first kappa shape index (κ1) is 13.3. The average molecular weight is 273 g/mol. The highest BCUT2D eigenvalue weighted by Gasteiger charge is 2.26. The molecule has 3 rings (SSSR count). The lowest BCUT2D eigenvalue weighted by atomic mass is 10.1. The van der Waals surface area contributed by atoms with E-state index >= 15 is 0 Å². The molecule has 0 amide bonds. The van der Waals surface area contributed by atoms with Gasteiger partial charge in [-0.2, -0.15) is 5.26 Å². The Kier molecular flexibility index (Phi) is 4.09. The van der Waals surface area contributed by atoms with Gasteiger partial charge in [-0.1, -0.05) is 0 Å². The lowest BCUT2D eigenvalue weighted by Crippen LogP contribution is -2.52. The van der Waals surface area contributed by atoms with Gasteiger partial charge < -0.3 is 9.64 Å². The summed E-state index contributed by atoms with van der Waals surface area (Å²) in [5, 5.41) is 9.10. The van der Waals surface area contributed by atoms with Crippen LogP contribution in [0, 0.1) is 11.3 Å². The summed E-state index contributed by atoms with van der Waals surface area (Å²) in [7, 11) is 0. The molecule has 0 unspecified atom stereocenters. The molecule has 20 heavy (non-hydrogen) atoms. The highest BCUT2D eigenvalue weighted by atomic mass is 16.5. The summed E-state index contributed by atoms with van der Waals surface area (Å²) in [6.07, 6.45) is 5.49. The van der Waals surface area contributed by atoms with Crippen molar-refractivity contribution in [2.24, 2.45) is 0 Å². The minimum Gasteiger partial charge on any atom is -0.381 e. The monoisotopic (exact) mass is 273 g/mol. The van der Waals surface area contributed by atoms with E-state index in [-0.39, 0.29) is 0 Å². The van der Waals surface area contributed by atoms with Crippen LogP contribution in [0.15, 0.2) is 12.4 Å². The van der Waals surface area contributed by atoms with E-state index in [9.17, 15) is 0 Å². The number of piperazine rings is 1. The fourth-order valence-electron chi connectivity index (χ4n) is 2.99. The highest BCUT2D eigenvalue weighted by Crippen LogP contribution is 2.20. The third-order valence-corrected chi connectivity index (χ3v) is 4.11. The third kappa shape index (κ3) is 2.74.